The number of carbonyl (C=O) groups is 1. The number of methoxy groups -OCH3 is 2. The maximum Gasteiger partial charge on any atom is 0.331 e. The van der Waals surface area contributed by atoms with Gasteiger partial charge in [-0.1, -0.05) is 12.1 Å². The van der Waals surface area contributed by atoms with Crippen LogP contribution in [0.1, 0.15) is 18.1 Å². The molecule has 0 aromatic heterocycles. The summed E-state index contributed by atoms with van der Waals surface area (Å²) in [6, 6.07) is 9.05. The van der Waals surface area contributed by atoms with E-state index >= 15 is 0 Å². The van der Waals surface area contributed by atoms with Crippen LogP contribution in [0.15, 0.2) is 42.5 Å². The fraction of sp³-hybridized carbons (Fsp3) is 0.583. The largest absolute Gasteiger partial charge is 0.504 e. The number of rotatable bonds is 15. The average Bonchev–Trinajstić information content (AvgIpc) is 3.46. The van der Waals surface area contributed by atoms with Gasteiger partial charge in [0.25, 0.3) is 0 Å². The molecule has 0 spiro atoms. The smallest absolute Gasteiger partial charge is 0.331 e. The van der Waals surface area contributed by atoms with Crippen LogP contribution in [0.3, 0.4) is 0 Å². The van der Waals surface area contributed by atoms with E-state index in [0.29, 0.717) is 11.1 Å². The lowest BCUT2D eigenvalue weighted by atomic mass is 9.96. The minimum absolute atomic E-state index is 0.0700. The summed E-state index contributed by atoms with van der Waals surface area (Å²) in [7, 11) is 2.76. The second-order valence-electron chi connectivity index (χ2n) is 13.3. The van der Waals surface area contributed by atoms with Gasteiger partial charge in [-0.3, -0.25) is 0 Å². The third-order valence-electron chi connectivity index (χ3n) is 9.52. The molecule has 0 amide bonds. The van der Waals surface area contributed by atoms with Crippen LogP contribution in [0.2, 0.25) is 0 Å². The Morgan fingerprint density at radius 1 is 0.855 bits per heavy atom. The second-order valence-corrected chi connectivity index (χ2v) is 13.3. The first-order valence-electron chi connectivity index (χ1n) is 17.4. The van der Waals surface area contributed by atoms with Crippen molar-refractivity contribution in [1.82, 2.24) is 0 Å². The summed E-state index contributed by atoms with van der Waals surface area (Å²) in [6.07, 6.45) is -16.2. The van der Waals surface area contributed by atoms with Crippen LogP contribution < -0.4 is 9.47 Å². The number of benzene rings is 2. The summed E-state index contributed by atoms with van der Waals surface area (Å²) in [4.78, 5) is 13.1. The highest BCUT2D eigenvalue weighted by molar-refractivity contribution is 5.87. The van der Waals surface area contributed by atoms with Crippen molar-refractivity contribution >= 4 is 12.0 Å². The number of carbonyl (C=O) groups excluding carboxylic acids is 1. The Labute approximate surface area is 315 Å². The van der Waals surface area contributed by atoms with Gasteiger partial charge in [-0.15, -0.1) is 0 Å². The highest BCUT2D eigenvalue weighted by Gasteiger charge is 2.55. The zero-order valence-corrected chi connectivity index (χ0v) is 30.2. The molecule has 0 bridgehead atoms. The zero-order chi connectivity index (χ0) is 40.0. The molecule has 5 rings (SSSR count). The molecular weight excluding hydrogens is 736 g/mol. The molecule has 55 heavy (non-hydrogen) atoms. The lowest BCUT2D eigenvalue weighted by molar-refractivity contribution is -0.365. The summed E-state index contributed by atoms with van der Waals surface area (Å²) >= 11 is 0. The van der Waals surface area contributed by atoms with E-state index in [1.807, 2.05) is 0 Å². The van der Waals surface area contributed by atoms with E-state index in [-0.39, 0.29) is 36.0 Å². The van der Waals surface area contributed by atoms with Crippen molar-refractivity contribution in [2.45, 2.75) is 92.8 Å². The molecule has 3 saturated heterocycles. The average molecular weight is 785 g/mol. The van der Waals surface area contributed by atoms with Crippen LogP contribution in [0, 0.1) is 0 Å². The predicted molar refractivity (Wildman–Crippen MR) is 184 cm³/mol. The number of aliphatic hydroxyl groups is 7. The summed E-state index contributed by atoms with van der Waals surface area (Å²) < 4.78 is 50.2. The van der Waals surface area contributed by atoms with Crippen molar-refractivity contribution in [2.24, 2.45) is 0 Å². The molecule has 0 aliphatic carbocycles. The molecule has 0 unspecified atom stereocenters. The quantitative estimate of drug-likeness (QED) is 0.0701. The normalized spacial score (nSPS) is 35.2. The van der Waals surface area contributed by atoms with E-state index in [0.717, 1.165) is 6.08 Å². The fourth-order valence-electron chi connectivity index (χ4n) is 6.32. The number of phenols is 2. The Hall–Kier alpha value is -3.67. The Balaban J connectivity index is 1.33. The molecule has 0 radical (unpaired) electrons. The van der Waals surface area contributed by atoms with Gasteiger partial charge in [-0.2, -0.15) is 0 Å². The van der Waals surface area contributed by atoms with E-state index in [9.17, 15) is 50.8 Å². The first-order valence-corrected chi connectivity index (χ1v) is 17.4. The number of hydrogen-bond acceptors (Lipinski definition) is 19. The Bertz CT molecular complexity index is 1610. The van der Waals surface area contributed by atoms with Gasteiger partial charge in [-0.25, -0.2) is 4.79 Å². The highest BCUT2D eigenvalue weighted by Crippen LogP contribution is 2.35. The summed E-state index contributed by atoms with van der Waals surface area (Å²) in [5.41, 5.74) is -0.920. The predicted octanol–water partition coefficient (Wildman–Crippen LogP) is -1.94. The minimum atomic E-state index is -2.02. The van der Waals surface area contributed by atoms with Crippen LogP contribution in [0.5, 0.6) is 23.0 Å². The maximum atomic E-state index is 13.1. The summed E-state index contributed by atoms with van der Waals surface area (Å²) in [5, 5.41) is 94.4. The maximum absolute atomic E-state index is 13.1. The van der Waals surface area contributed by atoms with Crippen molar-refractivity contribution in [3.05, 3.63) is 53.6 Å². The highest BCUT2D eigenvalue weighted by atomic mass is 16.8. The number of aromatic hydroxyl groups is 2. The van der Waals surface area contributed by atoms with Crippen molar-refractivity contribution in [3.8, 4) is 23.0 Å². The molecule has 19 heteroatoms. The van der Waals surface area contributed by atoms with E-state index in [1.54, 1.807) is 12.1 Å². The van der Waals surface area contributed by atoms with Gasteiger partial charge in [0.05, 0.1) is 46.8 Å². The molecule has 2 aromatic carbocycles. The molecular formula is C36H48O19. The van der Waals surface area contributed by atoms with E-state index in [1.165, 1.54) is 51.5 Å². The number of aliphatic hydroxyl groups excluding tert-OH is 6. The second kappa shape index (κ2) is 18.5. The standard InChI is InChI=1S/C36H48O19/c1-17-29(54-35-32(45)36(46,15-38)16-50-35)26(42)27(43)34(51-17)55-31-28(44)33(49-11-10-19-5-8-22(47-2)21(40)12-19)52-24(14-37)30(31)53-25(41)9-6-18-4-7-20(39)23(13-18)48-3/h4-9,12-13,17,24,26-35,37-40,42-46H,10-11,14-16H2,1-3H3/t17-,24+,26-,27+,28+,29-,30+,31+,32-,33+,34-,35-,36+/m0/s1. The number of hydrogen-bond donors (Lipinski definition) is 9. The Kier molecular flexibility index (Phi) is 14.3. The molecule has 9 N–H and O–H groups in total. The number of ether oxygens (including phenoxy) is 9. The third kappa shape index (κ3) is 9.66. The monoisotopic (exact) mass is 784 g/mol. The SMILES string of the molecule is COc1ccc(CCO[C@@H]2O[C@H](CO)[C@@H](OC(=O)C=Cc3ccc(O)c(OC)c3)[C@H](O[C@@H]3O[C@@H](C)[C@H](O[C@@H]4OC[C@](O)(CO)[C@H]4O)[C@@H](O)[C@H]3O)[C@H]2O)cc1O. The zero-order valence-electron chi connectivity index (χ0n) is 30.2. The molecule has 0 saturated carbocycles. The Morgan fingerprint density at radius 2 is 1.58 bits per heavy atom. The summed E-state index contributed by atoms with van der Waals surface area (Å²) in [6.45, 7) is -0.700. The van der Waals surface area contributed by atoms with Gasteiger partial charge in [0, 0.05) is 6.08 Å². The molecule has 306 valence electrons. The fourth-order valence-corrected chi connectivity index (χ4v) is 6.32. The van der Waals surface area contributed by atoms with Crippen LogP contribution in [-0.4, -0.2) is 172 Å². The van der Waals surface area contributed by atoms with Crippen molar-refractivity contribution in [3.63, 3.8) is 0 Å². The molecule has 3 fully saturated rings. The number of phenolic OH excluding ortho intramolecular Hbond substituents is 2. The van der Waals surface area contributed by atoms with E-state index < -0.39 is 105 Å². The topological polar surface area (TPSA) is 282 Å². The molecule has 3 heterocycles. The number of esters is 1. The van der Waals surface area contributed by atoms with Crippen LogP contribution >= 0.6 is 0 Å². The molecule has 19 nitrogen and oxygen atoms in total. The lowest BCUT2D eigenvalue weighted by Crippen LogP contribution is -2.65. The van der Waals surface area contributed by atoms with Crippen LogP contribution in [0.4, 0.5) is 0 Å². The van der Waals surface area contributed by atoms with Gasteiger partial charge < -0.3 is 88.6 Å². The Morgan fingerprint density at radius 3 is 2.24 bits per heavy atom. The van der Waals surface area contributed by atoms with Gasteiger partial charge >= 0.3 is 5.97 Å². The third-order valence-corrected chi connectivity index (χ3v) is 9.52. The molecule has 3 aliphatic rings. The molecule has 2 aromatic rings. The van der Waals surface area contributed by atoms with Crippen LogP contribution in [0.25, 0.3) is 6.08 Å². The first-order chi connectivity index (χ1) is 26.2. The van der Waals surface area contributed by atoms with E-state index in [4.69, 9.17) is 42.6 Å². The summed E-state index contributed by atoms with van der Waals surface area (Å²) in [5.74, 6) is -0.773. The lowest BCUT2D eigenvalue weighted by Gasteiger charge is -2.47. The van der Waals surface area contributed by atoms with Crippen molar-refractivity contribution in [2.75, 3.05) is 40.6 Å². The molecule has 13 atom stereocenters. The van der Waals surface area contributed by atoms with Crippen molar-refractivity contribution in [1.29, 1.82) is 0 Å². The van der Waals surface area contributed by atoms with Crippen molar-refractivity contribution < 1.29 is 93.4 Å². The first kappa shape index (κ1) is 42.5. The van der Waals surface area contributed by atoms with Gasteiger partial charge in [0.1, 0.15) is 48.3 Å². The van der Waals surface area contributed by atoms with E-state index in [2.05, 4.69) is 0 Å². The van der Waals surface area contributed by atoms with Gasteiger partial charge in [-0.05, 0) is 54.8 Å². The minimum Gasteiger partial charge on any atom is -0.504 e. The van der Waals surface area contributed by atoms with Gasteiger partial charge in [0.15, 0.2) is 48.0 Å². The van der Waals surface area contributed by atoms with Gasteiger partial charge in [0.2, 0.25) is 0 Å². The molecule has 3 aliphatic heterocycles. The van der Waals surface area contributed by atoms with Crippen LogP contribution in [-0.2, 0) is 44.4 Å².